The lowest BCUT2D eigenvalue weighted by Crippen LogP contribution is -2.16. The second-order valence-corrected chi connectivity index (χ2v) is 4.92. The standard InChI is InChI=1S/C13H13N3O2S/c1-17-7-10(11-3-2-5-18-11)16-12-9-4-6-19-13(9)15-8-14-12/h2-6,8,10H,7H2,1H3,(H,14,15,16). The molecule has 0 spiro atoms. The topological polar surface area (TPSA) is 60.2 Å². The molecule has 0 bridgehead atoms. The number of ether oxygens (including phenoxy) is 1. The minimum atomic E-state index is -0.0713. The zero-order chi connectivity index (χ0) is 13.1. The summed E-state index contributed by atoms with van der Waals surface area (Å²) in [6.45, 7) is 0.503. The fourth-order valence-corrected chi connectivity index (χ4v) is 2.65. The number of hydrogen-bond donors (Lipinski definition) is 1. The lowest BCUT2D eigenvalue weighted by atomic mass is 10.2. The molecular weight excluding hydrogens is 262 g/mol. The second-order valence-electron chi connectivity index (χ2n) is 4.03. The summed E-state index contributed by atoms with van der Waals surface area (Å²) in [5.41, 5.74) is 0. The number of methoxy groups -OCH3 is 1. The third-order valence-electron chi connectivity index (χ3n) is 2.79. The maximum absolute atomic E-state index is 5.43. The number of fused-ring (bicyclic) bond motifs is 1. The number of hydrogen-bond acceptors (Lipinski definition) is 6. The largest absolute Gasteiger partial charge is 0.467 e. The molecule has 3 aromatic heterocycles. The average molecular weight is 275 g/mol. The van der Waals surface area contributed by atoms with Crippen LogP contribution in [0, 0.1) is 0 Å². The van der Waals surface area contributed by atoms with E-state index in [2.05, 4.69) is 15.3 Å². The summed E-state index contributed by atoms with van der Waals surface area (Å²) in [6.07, 6.45) is 3.22. The van der Waals surface area contributed by atoms with E-state index in [1.807, 2.05) is 23.6 Å². The first-order chi connectivity index (χ1) is 9.38. The van der Waals surface area contributed by atoms with Crippen molar-refractivity contribution in [2.24, 2.45) is 0 Å². The molecule has 3 aromatic rings. The molecule has 3 rings (SSSR count). The van der Waals surface area contributed by atoms with Gasteiger partial charge in [0, 0.05) is 7.11 Å². The average Bonchev–Trinajstić information content (AvgIpc) is 3.10. The van der Waals surface area contributed by atoms with E-state index in [-0.39, 0.29) is 6.04 Å². The number of anilines is 1. The predicted octanol–water partition coefficient (Wildman–Crippen LogP) is 3.08. The van der Waals surface area contributed by atoms with Crippen molar-refractivity contribution in [1.82, 2.24) is 9.97 Å². The van der Waals surface area contributed by atoms with E-state index in [0.717, 1.165) is 21.8 Å². The molecule has 19 heavy (non-hydrogen) atoms. The zero-order valence-electron chi connectivity index (χ0n) is 10.4. The summed E-state index contributed by atoms with van der Waals surface area (Å²) in [5, 5.41) is 6.37. The van der Waals surface area contributed by atoms with Crippen molar-refractivity contribution < 1.29 is 9.15 Å². The molecule has 98 valence electrons. The first kappa shape index (κ1) is 12.1. The van der Waals surface area contributed by atoms with Gasteiger partial charge in [-0.1, -0.05) is 0 Å². The summed E-state index contributed by atoms with van der Waals surface area (Å²) in [4.78, 5) is 9.49. The van der Waals surface area contributed by atoms with Gasteiger partial charge in [0.25, 0.3) is 0 Å². The van der Waals surface area contributed by atoms with Crippen LogP contribution in [0.25, 0.3) is 10.2 Å². The van der Waals surface area contributed by atoms with Gasteiger partial charge in [-0.05, 0) is 23.6 Å². The van der Waals surface area contributed by atoms with Crippen LogP contribution in [-0.4, -0.2) is 23.7 Å². The Kier molecular flexibility index (Phi) is 3.43. The SMILES string of the molecule is COCC(Nc1ncnc2sccc12)c1ccco1. The number of rotatable bonds is 5. The fraction of sp³-hybridized carbons (Fsp3) is 0.231. The third-order valence-corrected chi connectivity index (χ3v) is 3.61. The van der Waals surface area contributed by atoms with E-state index >= 15 is 0 Å². The molecular formula is C13H13N3O2S. The Morgan fingerprint density at radius 3 is 3.16 bits per heavy atom. The van der Waals surface area contributed by atoms with Gasteiger partial charge in [0.2, 0.25) is 0 Å². The molecule has 0 radical (unpaired) electrons. The van der Waals surface area contributed by atoms with E-state index in [9.17, 15) is 0 Å². The molecule has 1 unspecified atom stereocenters. The van der Waals surface area contributed by atoms with Gasteiger partial charge in [0.1, 0.15) is 28.8 Å². The van der Waals surface area contributed by atoms with Crippen molar-refractivity contribution in [1.29, 1.82) is 0 Å². The second kappa shape index (κ2) is 5.38. The summed E-state index contributed by atoms with van der Waals surface area (Å²) in [7, 11) is 1.66. The highest BCUT2D eigenvalue weighted by Crippen LogP contribution is 2.27. The maximum Gasteiger partial charge on any atom is 0.138 e. The predicted molar refractivity (Wildman–Crippen MR) is 74.4 cm³/mol. The van der Waals surface area contributed by atoms with Gasteiger partial charge >= 0.3 is 0 Å². The highest BCUT2D eigenvalue weighted by atomic mass is 32.1. The van der Waals surface area contributed by atoms with Crippen LogP contribution in [-0.2, 0) is 4.74 Å². The van der Waals surface area contributed by atoms with E-state index in [4.69, 9.17) is 9.15 Å². The van der Waals surface area contributed by atoms with Crippen LogP contribution < -0.4 is 5.32 Å². The summed E-state index contributed by atoms with van der Waals surface area (Å²) in [6, 6.07) is 5.72. The van der Waals surface area contributed by atoms with Crippen molar-refractivity contribution in [3.05, 3.63) is 41.9 Å². The number of aromatic nitrogens is 2. The molecule has 0 saturated heterocycles. The molecule has 3 heterocycles. The maximum atomic E-state index is 5.43. The Balaban J connectivity index is 1.91. The van der Waals surface area contributed by atoms with Crippen LogP contribution in [0.3, 0.4) is 0 Å². The molecule has 1 N–H and O–H groups in total. The Morgan fingerprint density at radius 2 is 2.37 bits per heavy atom. The third kappa shape index (κ3) is 2.45. The van der Waals surface area contributed by atoms with E-state index in [1.165, 1.54) is 0 Å². The molecule has 0 aromatic carbocycles. The van der Waals surface area contributed by atoms with Crippen LogP contribution in [0.15, 0.2) is 40.6 Å². The number of furan rings is 1. The Bertz CT molecular complexity index is 651. The first-order valence-corrected chi connectivity index (χ1v) is 6.73. The van der Waals surface area contributed by atoms with Gasteiger partial charge in [0.05, 0.1) is 18.3 Å². The Hall–Kier alpha value is -1.92. The summed E-state index contributed by atoms with van der Waals surface area (Å²) < 4.78 is 10.7. The molecule has 5 nitrogen and oxygen atoms in total. The van der Waals surface area contributed by atoms with Crippen molar-refractivity contribution in [3.63, 3.8) is 0 Å². The van der Waals surface area contributed by atoms with Crippen LogP contribution >= 0.6 is 11.3 Å². The Labute approximate surface area is 114 Å². The van der Waals surface area contributed by atoms with Gasteiger partial charge in [0.15, 0.2) is 0 Å². The van der Waals surface area contributed by atoms with E-state index in [1.54, 1.807) is 31.0 Å². The number of thiophene rings is 1. The fourth-order valence-electron chi connectivity index (χ4n) is 1.92. The van der Waals surface area contributed by atoms with E-state index in [0.29, 0.717) is 6.61 Å². The highest BCUT2D eigenvalue weighted by molar-refractivity contribution is 7.16. The molecule has 0 aliphatic carbocycles. The van der Waals surface area contributed by atoms with Crippen molar-refractivity contribution in [3.8, 4) is 0 Å². The van der Waals surface area contributed by atoms with Crippen LogP contribution in [0.4, 0.5) is 5.82 Å². The lowest BCUT2D eigenvalue weighted by molar-refractivity contribution is 0.178. The van der Waals surface area contributed by atoms with Gasteiger partial charge < -0.3 is 14.5 Å². The molecule has 0 aliphatic rings. The lowest BCUT2D eigenvalue weighted by Gasteiger charge is -2.16. The summed E-state index contributed by atoms with van der Waals surface area (Å²) in [5.74, 6) is 1.62. The normalized spacial score (nSPS) is 12.7. The minimum Gasteiger partial charge on any atom is -0.467 e. The summed E-state index contributed by atoms with van der Waals surface area (Å²) >= 11 is 1.59. The highest BCUT2D eigenvalue weighted by Gasteiger charge is 2.16. The van der Waals surface area contributed by atoms with Crippen molar-refractivity contribution >= 4 is 27.4 Å². The first-order valence-electron chi connectivity index (χ1n) is 5.85. The van der Waals surface area contributed by atoms with Crippen LogP contribution in [0.2, 0.25) is 0 Å². The molecule has 0 aliphatic heterocycles. The zero-order valence-corrected chi connectivity index (χ0v) is 11.2. The number of nitrogens with one attached hydrogen (secondary N) is 1. The Morgan fingerprint density at radius 1 is 1.42 bits per heavy atom. The van der Waals surface area contributed by atoms with Gasteiger partial charge in [-0.3, -0.25) is 0 Å². The van der Waals surface area contributed by atoms with Crippen molar-refractivity contribution in [2.75, 3.05) is 19.0 Å². The molecule has 6 heteroatoms. The molecule has 0 saturated carbocycles. The monoisotopic (exact) mass is 275 g/mol. The molecule has 0 fully saturated rings. The van der Waals surface area contributed by atoms with Gasteiger partial charge in [-0.25, -0.2) is 9.97 Å². The van der Waals surface area contributed by atoms with Crippen molar-refractivity contribution in [2.45, 2.75) is 6.04 Å². The quantitative estimate of drug-likeness (QED) is 0.775. The number of nitrogens with zero attached hydrogens (tertiary/aromatic N) is 2. The van der Waals surface area contributed by atoms with Crippen LogP contribution in [0.1, 0.15) is 11.8 Å². The van der Waals surface area contributed by atoms with Gasteiger partial charge in [-0.2, -0.15) is 0 Å². The smallest absolute Gasteiger partial charge is 0.138 e. The van der Waals surface area contributed by atoms with Gasteiger partial charge in [-0.15, -0.1) is 11.3 Å². The molecule has 0 amide bonds. The minimum absolute atomic E-state index is 0.0713. The van der Waals surface area contributed by atoms with E-state index < -0.39 is 0 Å². The van der Waals surface area contributed by atoms with Crippen LogP contribution in [0.5, 0.6) is 0 Å². The molecule has 1 atom stereocenters.